The molecule has 0 aliphatic rings. The van der Waals surface area contributed by atoms with Gasteiger partial charge in [-0.2, -0.15) is 8.42 Å². The van der Waals surface area contributed by atoms with Crippen LogP contribution in [0.25, 0.3) is 10.9 Å². The van der Waals surface area contributed by atoms with Crippen LogP contribution in [0.15, 0.2) is 30.3 Å². The maximum absolute atomic E-state index is 11.6. The van der Waals surface area contributed by atoms with Gasteiger partial charge in [-0.15, -0.1) is 0 Å². The Morgan fingerprint density at radius 2 is 2.05 bits per heavy atom. The molecule has 1 atom stereocenters. The topological polar surface area (TPSA) is 137 Å². The fourth-order valence-corrected chi connectivity index (χ4v) is 2.80. The summed E-state index contributed by atoms with van der Waals surface area (Å²) in [7, 11) is -3.77. The van der Waals surface area contributed by atoms with Gasteiger partial charge >= 0.3 is 5.97 Å². The number of para-hydroxylation sites is 1. The third-order valence-corrected chi connectivity index (χ3v) is 4.21. The zero-order valence-corrected chi connectivity index (χ0v) is 12.6. The number of nitrogens with one attached hydrogen (secondary N) is 3. The standard InChI is InChI=1S/C13H18N4O4S/c14-11(13(18)19)8-16-22(20,21)15-6-5-10-7-9-3-1-2-4-12(9)17-10/h1-4,7,11,15-17H,5-6,8,14H2,(H,18,19). The number of fused-ring (bicyclic) bond motifs is 1. The van der Waals surface area contributed by atoms with Crippen LogP contribution in [-0.2, 0) is 21.4 Å². The molecule has 1 aromatic heterocycles. The minimum atomic E-state index is -3.77. The molecular formula is C13H18N4O4S. The largest absolute Gasteiger partial charge is 0.480 e. The molecule has 1 aromatic carbocycles. The molecule has 2 aromatic rings. The Labute approximate surface area is 127 Å². The van der Waals surface area contributed by atoms with Crippen molar-refractivity contribution in [2.45, 2.75) is 12.5 Å². The van der Waals surface area contributed by atoms with Crippen LogP contribution in [0.2, 0.25) is 0 Å². The summed E-state index contributed by atoms with van der Waals surface area (Å²) in [6.45, 7) is -0.179. The number of aromatic amines is 1. The Morgan fingerprint density at radius 1 is 1.32 bits per heavy atom. The number of H-pyrrole nitrogens is 1. The van der Waals surface area contributed by atoms with E-state index in [1.807, 2.05) is 30.3 Å². The normalized spacial score (nSPS) is 13.3. The quantitative estimate of drug-likeness (QED) is 0.447. The number of carboxylic acids is 1. The van der Waals surface area contributed by atoms with Crippen LogP contribution in [0.3, 0.4) is 0 Å². The van der Waals surface area contributed by atoms with Gasteiger partial charge in [0.2, 0.25) is 0 Å². The van der Waals surface area contributed by atoms with Crippen LogP contribution < -0.4 is 15.2 Å². The molecule has 0 spiro atoms. The van der Waals surface area contributed by atoms with E-state index in [0.717, 1.165) is 16.6 Å². The van der Waals surface area contributed by atoms with Gasteiger partial charge < -0.3 is 15.8 Å². The first-order valence-corrected chi connectivity index (χ1v) is 8.15. The number of aromatic nitrogens is 1. The van der Waals surface area contributed by atoms with E-state index in [-0.39, 0.29) is 13.1 Å². The van der Waals surface area contributed by atoms with E-state index in [1.54, 1.807) is 0 Å². The van der Waals surface area contributed by atoms with Crippen molar-refractivity contribution in [3.63, 3.8) is 0 Å². The number of hydrogen-bond acceptors (Lipinski definition) is 4. The van der Waals surface area contributed by atoms with Gasteiger partial charge in [-0.25, -0.2) is 9.44 Å². The molecule has 0 amide bonds. The molecule has 0 bridgehead atoms. The van der Waals surface area contributed by atoms with Gasteiger partial charge in [0.15, 0.2) is 0 Å². The molecule has 9 heteroatoms. The summed E-state index contributed by atoms with van der Waals surface area (Å²) >= 11 is 0. The van der Waals surface area contributed by atoms with Crippen LogP contribution in [0.1, 0.15) is 5.69 Å². The predicted molar refractivity (Wildman–Crippen MR) is 82.5 cm³/mol. The lowest BCUT2D eigenvalue weighted by molar-refractivity contribution is -0.138. The van der Waals surface area contributed by atoms with E-state index in [0.29, 0.717) is 6.42 Å². The molecule has 1 unspecified atom stereocenters. The molecule has 22 heavy (non-hydrogen) atoms. The number of hydrogen-bond donors (Lipinski definition) is 5. The van der Waals surface area contributed by atoms with Crippen LogP contribution in [0.4, 0.5) is 0 Å². The predicted octanol–water partition coefficient (Wildman–Crippen LogP) is -0.454. The van der Waals surface area contributed by atoms with Crippen molar-refractivity contribution in [2.24, 2.45) is 5.73 Å². The molecule has 0 aliphatic heterocycles. The molecule has 120 valence electrons. The Morgan fingerprint density at radius 3 is 2.73 bits per heavy atom. The van der Waals surface area contributed by atoms with Crippen molar-refractivity contribution >= 4 is 27.1 Å². The number of aliphatic carboxylic acids is 1. The van der Waals surface area contributed by atoms with E-state index in [9.17, 15) is 13.2 Å². The minimum Gasteiger partial charge on any atom is -0.480 e. The first kappa shape index (κ1) is 16.4. The van der Waals surface area contributed by atoms with E-state index >= 15 is 0 Å². The van der Waals surface area contributed by atoms with E-state index in [4.69, 9.17) is 10.8 Å². The molecule has 8 nitrogen and oxygen atoms in total. The van der Waals surface area contributed by atoms with Crippen molar-refractivity contribution in [3.05, 3.63) is 36.0 Å². The second-order valence-corrected chi connectivity index (χ2v) is 6.41. The van der Waals surface area contributed by atoms with Crippen molar-refractivity contribution in [2.75, 3.05) is 13.1 Å². The fourth-order valence-electron chi connectivity index (χ4n) is 1.93. The SMILES string of the molecule is NC(CNS(=O)(=O)NCCc1cc2ccccc2[nH]1)C(=O)O. The Balaban J connectivity index is 1.83. The van der Waals surface area contributed by atoms with E-state index in [1.165, 1.54) is 0 Å². The summed E-state index contributed by atoms with van der Waals surface area (Å²) in [4.78, 5) is 13.7. The van der Waals surface area contributed by atoms with Crippen molar-refractivity contribution < 1.29 is 18.3 Å². The van der Waals surface area contributed by atoms with Gasteiger partial charge in [-0.3, -0.25) is 4.79 Å². The van der Waals surface area contributed by atoms with Gasteiger partial charge in [-0.1, -0.05) is 18.2 Å². The second-order valence-electron chi connectivity index (χ2n) is 4.82. The molecule has 0 fully saturated rings. The molecule has 2 rings (SSSR count). The van der Waals surface area contributed by atoms with Crippen LogP contribution >= 0.6 is 0 Å². The fraction of sp³-hybridized carbons (Fsp3) is 0.308. The third-order valence-electron chi connectivity index (χ3n) is 3.08. The van der Waals surface area contributed by atoms with E-state index < -0.39 is 22.2 Å². The van der Waals surface area contributed by atoms with E-state index in [2.05, 4.69) is 14.4 Å². The number of benzene rings is 1. The average Bonchev–Trinajstić information content (AvgIpc) is 2.87. The second kappa shape index (κ2) is 6.88. The molecule has 6 N–H and O–H groups in total. The lowest BCUT2D eigenvalue weighted by Gasteiger charge is -2.10. The Kier molecular flexibility index (Phi) is 5.14. The summed E-state index contributed by atoms with van der Waals surface area (Å²) < 4.78 is 27.7. The summed E-state index contributed by atoms with van der Waals surface area (Å²) in [6.07, 6.45) is 0.487. The van der Waals surface area contributed by atoms with Gasteiger partial charge in [0.05, 0.1) is 0 Å². The Bertz CT molecular complexity index is 723. The number of rotatable bonds is 8. The molecule has 0 saturated heterocycles. The van der Waals surface area contributed by atoms with Gasteiger partial charge in [0, 0.05) is 30.7 Å². The third kappa shape index (κ3) is 4.53. The maximum Gasteiger partial charge on any atom is 0.321 e. The average molecular weight is 326 g/mol. The van der Waals surface area contributed by atoms with Gasteiger partial charge in [0.25, 0.3) is 10.2 Å². The summed E-state index contributed by atoms with van der Waals surface area (Å²) in [5.41, 5.74) is 7.13. The number of carboxylic acid groups (broad SMARTS) is 1. The highest BCUT2D eigenvalue weighted by Crippen LogP contribution is 2.14. The first-order valence-electron chi connectivity index (χ1n) is 6.66. The van der Waals surface area contributed by atoms with Crippen molar-refractivity contribution in [3.8, 4) is 0 Å². The lowest BCUT2D eigenvalue weighted by Crippen LogP contribution is -2.46. The zero-order valence-electron chi connectivity index (χ0n) is 11.7. The van der Waals surface area contributed by atoms with Crippen LogP contribution in [-0.4, -0.2) is 43.6 Å². The first-order chi connectivity index (χ1) is 10.4. The highest BCUT2D eigenvalue weighted by Gasteiger charge is 2.16. The summed E-state index contributed by atoms with van der Waals surface area (Å²) in [5.74, 6) is -1.26. The van der Waals surface area contributed by atoms with Crippen LogP contribution in [0.5, 0.6) is 0 Å². The number of nitrogens with two attached hydrogens (primary N) is 1. The Hall–Kier alpha value is -1.94. The lowest BCUT2D eigenvalue weighted by atomic mass is 10.2. The molecule has 0 saturated carbocycles. The highest BCUT2D eigenvalue weighted by atomic mass is 32.2. The number of carbonyl (C=O) groups is 1. The summed E-state index contributed by atoms with van der Waals surface area (Å²) in [6, 6.07) is 8.44. The molecular weight excluding hydrogens is 308 g/mol. The highest BCUT2D eigenvalue weighted by molar-refractivity contribution is 7.87. The van der Waals surface area contributed by atoms with Gasteiger partial charge in [-0.05, 0) is 17.5 Å². The maximum atomic E-state index is 11.6. The van der Waals surface area contributed by atoms with Crippen LogP contribution in [0, 0.1) is 0 Å². The zero-order chi connectivity index (χ0) is 16.2. The molecule has 1 heterocycles. The monoisotopic (exact) mass is 326 g/mol. The minimum absolute atomic E-state index is 0.185. The van der Waals surface area contributed by atoms with Crippen molar-refractivity contribution in [1.29, 1.82) is 0 Å². The molecule has 0 aliphatic carbocycles. The molecule has 0 radical (unpaired) electrons. The van der Waals surface area contributed by atoms with Crippen molar-refractivity contribution in [1.82, 2.24) is 14.4 Å². The van der Waals surface area contributed by atoms with Gasteiger partial charge in [0.1, 0.15) is 6.04 Å². The summed E-state index contributed by atoms with van der Waals surface area (Å²) in [5, 5.41) is 9.65. The smallest absolute Gasteiger partial charge is 0.321 e.